The lowest BCUT2D eigenvalue weighted by Crippen LogP contribution is -2.49. The van der Waals surface area contributed by atoms with Gasteiger partial charge in [0.2, 0.25) is 6.17 Å². The molecular formula is C24H21FN4O2. The zero-order chi connectivity index (χ0) is 21.8. The molecule has 1 aliphatic heterocycles. The molecule has 1 heterocycles. The molecule has 4 rings (SSSR count). The highest BCUT2D eigenvalue weighted by atomic mass is 19.1. The Labute approximate surface area is 179 Å². The SMILES string of the molecule is CN1C(=O)[C@@H](NC(=O)NCc2cccc(F)c2)N=C(c2ccccc2)c2ccccc21. The molecule has 0 saturated heterocycles. The summed E-state index contributed by atoms with van der Waals surface area (Å²) >= 11 is 0. The van der Waals surface area contributed by atoms with Crippen LogP contribution in [0.15, 0.2) is 83.9 Å². The van der Waals surface area contributed by atoms with Crippen LogP contribution < -0.4 is 15.5 Å². The molecule has 3 aromatic carbocycles. The van der Waals surface area contributed by atoms with Gasteiger partial charge in [-0.2, -0.15) is 0 Å². The molecule has 0 unspecified atom stereocenters. The summed E-state index contributed by atoms with van der Waals surface area (Å²) in [5.74, 6) is -0.741. The first-order chi connectivity index (χ1) is 15.0. The molecule has 7 heteroatoms. The fourth-order valence-corrected chi connectivity index (χ4v) is 3.45. The van der Waals surface area contributed by atoms with E-state index in [4.69, 9.17) is 0 Å². The van der Waals surface area contributed by atoms with E-state index in [9.17, 15) is 14.0 Å². The maximum absolute atomic E-state index is 13.3. The number of carbonyl (C=O) groups is 2. The lowest BCUT2D eigenvalue weighted by atomic mass is 10.0. The van der Waals surface area contributed by atoms with E-state index in [1.807, 2.05) is 54.6 Å². The predicted octanol–water partition coefficient (Wildman–Crippen LogP) is 3.47. The van der Waals surface area contributed by atoms with Crippen molar-refractivity contribution in [2.45, 2.75) is 12.7 Å². The molecule has 31 heavy (non-hydrogen) atoms. The van der Waals surface area contributed by atoms with Gasteiger partial charge in [-0.3, -0.25) is 4.79 Å². The molecule has 3 aromatic rings. The highest BCUT2D eigenvalue weighted by Gasteiger charge is 2.30. The Morgan fingerprint density at radius 1 is 1.03 bits per heavy atom. The van der Waals surface area contributed by atoms with Crippen molar-refractivity contribution in [3.05, 3.63) is 101 Å². The first-order valence-electron chi connectivity index (χ1n) is 9.82. The van der Waals surface area contributed by atoms with E-state index in [2.05, 4.69) is 15.6 Å². The number of urea groups is 1. The third-order valence-electron chi connectivity index (χ3n) is 5.00. The van der Waals surface area contributed by atoms with Gasteiger partial charge in [0.1, 0.15) is 5.82 Å². The van der Waals surface area contributed by atoms with Gasteiger partial charge in [-0.25, -0.2) is 14.2 Å². The van der Waals surface area contributed by atoms with E-state index in [1.165, 1.54) is 17.0 Å². The maximum Gasteiger partial charge on any atom is 0.317 e. The predicted molar refractivity (Wildman–Crippen MR) is 117 cm³/mol. The normalized spacial score (nSPS) is 15.5. The Bertz CT molecular complexity index is 1150. The number of likely N-dealkylation sites (N-methyl/N-ethyl adjacent to an activating group) is 1. The molecule has 1 aliphatic rings. The van der Waals surface area contributed by atoms with Crippen LogP contribution in [0.25, 0.3) is 0 Å². The number of carbonyl (C=O) groups excluding carboxylic acids is 2. The monoisotopic (exact) mass is 416 g/mol. The second kappa shape index (κ2) is 8.79. The van der Waals surface area contributed by atoms with Gasteiger partial charge in [0.25, 0.3) is 5.91 Å². The fraction of sp³-hybridized carbons (Fsp3) is 0.125. The van der Waals surface area contributed by atoms with Crippen molar-refractivity contribution in [2.75, 3.05) is 11.9 Å². The van der Waals surface area contributed by atoms with Crippen LogP contribution in [0.2, 0.25) is 0 Å². The van der Waals surface area contributed by atoms with E-state index in [0.29, 0.717) is 17.0 Å². The van der Waals surface area contributed by atoms with Gasteiger partial charge in [0.15, 0.2) is 0 Å². The number of benzene rings is 3. The number of hydrogen-bond acceptors (Lipinski definition) is 3. The number of fused-ring (bicyclic) bond motifs is 1. The molecule has 0 aliphatic carbocycles. The van der Waals surface area contributed by atoms with E-state index in [1.54, 1.807) is 19.2 Å². The zero-order valence-electron chi connectivity index (χ0n) is 16.9. The van der Waals surface area contributed by atoms with Gasteiger partial charge < -0.3 is 15.5 Å². The van der Waals surface area contributed by atoms with Crippen LogP contribution in [0.4, 0.5) is 14.9 Å². The molecule has 0 saturated carbocycles. The summed E-state index contributed by atoms with van der Waals surface area (Å²) in [5.41, 5.74) is 3.57. The molecule has 0 radical (unpaired) electrons. The molecule has 0 aromatic heterocycles. The van der Waals surface area contributed by atoms with Crippen molar-refractivity contribution < 1.29 is 14.0 Å². The number of hydrogen-bond donors (Lipinski definition) is 2. The van der Waals surface area contributed by atoms with Crippen molar-refractivity contribution in [1.29, 1.82) is 0 Å². The van der Waals surface area contributed by atoms with Crippen molar-refractivity contribution in [3.8, 4) is 0 Å². The minimum Gasteiger partial charge on any atom is -0.334 e. The van der Waals surface area contributed by atoms with Crippen molar-refractivity contribution >= 4 is 23.3 Å². The summed E-state index contributed by atoms with van der Waals surface area (Å²) in [6.45, 7) is 0.121. The number of anilines is 1. The third-order valence-corrected chi connectivity index (χ3v) is 5.00. The second-order valence-corrected chi connectivity index (χ2v) is 7.12. The number of aliphatic imine (C=N–C) groups is 1. The number of amides is 3. The van der Waals surface area contributed by atoms with Gasteiger partial charge in [0, 0.05) is 24.7 Å². The fourth-order valence-electron chi connectivity index (χ4n) is 3.45. The van der Waals surface area contributed by atoms with Crippen molar-refractivity contribution in [3.63, 3.8) is 0 Å². The minimum absolute atomic E-state index is 0.121. The first kappa shape index (κ1) is 20.3. The molecule has 1 atom stereocenters. The quantitative estimate of drug-likeness (QED) is 0.684. The number of nitrogens with zero attached hydrogens (tertiary/aromatic N) is 2. The molecule has 0 fully saturated rings. The average Bonchev–Trinajstić information content (AvgIpc) is 2.89. The zero-order valence-corrected chi connectivity index (χ0v) is 16.9. The van der Waals surface area contributed by atoms with Crippen LogP contribution in [-0.4, -0.2) is 30.9 Å². The van der Waals surface area contributed by atoms with E-state index >= 15 is 0 Å². The highest BCUT2D eigenvalue weighted by Crippen LogP contribution is 2.27. The molecule has 2 N–H and O–H groups in total. The minimum atomic E-state index is -1.11. The molecule has 0 spiro atoms. The summed E-state index contributed by atoms with van der Waals surface area (Å²) in [4.78, 5) is 31.7. The Balaban J connectivity index is 1.61. The highest BCUT2D eigenvalue weighted by molar-refractivity contribution is 6.20. The van der Waals surface area contributed by atoms with Crippen LogP contribution in [0.5, 0.6) is 0 Å². The van der Waals surface area contributed by atoms with Gasteiger partial charge in [-0.05, 0) is 23.8 Å². The first-order valence-corrected chi connectivity index (χ1v) is 9.82. The molecular weight excluding hydrogens is 395 g/mol. The van der Waals surface area contributed by atoms with Crippen molar-refractivity contribution in [1.82, 2.24) is 10.6 Å². The van der Waals surface area contributed by atoms with Gasteiger partial charge in [0.05, 0.1) is 11.4 Å². The average molecular weight is 416 g/mol. The number of para-hydroxylation sites is 1. The van der Waals surface area contributed by atoms with Crippen LogP contribution >= 0.6 is 0 Å². The molecule has 3 amide bonds. The van der Waals surface area contributed by atoms with E-state index in [-0.39, 0.29) is 18.3 Å². The molecule has 156 valence electrons. The van der Waals surface area contributed by atoms with E-state index < -0.39 is 12.2 Å². The maximum atomic E-state index is 13.3. The van der Waals surface area contributed by atoms with Crippen LogP contribution in [0.3, 0.4) is 0 Å². The van der Waals surface area contributed by atoms with Crippen molar-refractivity contribution in [2.24, 2.45) is 4.99 Å². The summed E-state index contributed by atoms with van der Waals surface area (Å²) < 4.78 is 13.3. The van der Waals surface area contributed by atoms with Gasteiger partial charge in [-0.15, -0.1) is 0 Å². The lowest BCUT2D eigenvalue weighted by Gasteiger charge is -2.21. The van der Waals surface area contributed by atoms with Crippen LogP contribution in [0.1, 0.15) is 16.7 Å². The summed E-state index contributed by atoms with van der Waals surface area (Å²) in [6, 6.07) is 22.4. The number of nitrogens with one attached hydrogen (secondary N) is 2. The summed E-state index contributed by atoms with van der Waals surface area (Å²) in [6.07, 6.45) is -1.11. The lowest BCUT2D eigenvalue weighted by molar-refractivity contribution is -0.119. The molecule has 0 bridgehead atoms. The summed E-state index contributed by atoms with van der Waals surface area (Å²) in [7, 11) is 1.66. The number of halogens is 1. The third kappa shape index (κ3) is 4.45. The standard InChI is InChI=1S/C24H21FN4O2/c1-29-20-13-6-5-12-19(20)21(17-9-3-2-4-10-17)27-22(23(29)30)28-24(31)26-15-16-8-7-11-18(25)14-16/h2-14,22H,15H2,1H3,(H2,26,28,31)/t22-/m1/s1. The Hall–Kier alpha value is -4.00. The Morgan fingerprint density at radius 3 is 2.55 bits per heavy atom. The van der Waals surface area contributed by atoms with E-state index in [0.717, 1.165) is 11.1 Å². The Kier molecular flexibility index (Phi) is 5.75. The smallest absolute Gasteiger partial charge is 0.317 e. The van der Waals surface area contributed by atoms with Gasteiger partial charge >= 0.3 is 6.03 Å². The van der Waals surface area contributed by atoms with Crippen LogP contribution in [0, 0.1) is 5.82 Å². The molecule has 6 nitrogen and oxygen atoms in total. The van der Waals surface area contributed by atoms with Crippen LogP contribution in [-0.2, 0) is 11.3 Å². The number of rotatable bonds is 4. The largest absolute Gasteiger partial charge is 0.334 e. The number of benzodiazepines with no additional fused rings is 1. The Morgan fingerprint density at radius 2 is 1.77 bits per heavy atom. The second-order valence-electron chi connectivity index (χ2n) is 7.12. The van der Waals surface area contributed by atoms with Gasteiger partial charge in [-0.1, -0.05) is 60.7 Å². The summed E-state index contributed by atoms with van der Waals surface area (Å²) in [5, 5.41) is 5.28. The topological polar surface area (TPSA) is 73.8 Å².